The van der Waals surface area contributed by atoms with Crippen LogP contribution in [0.5, 0.6) is 0 Å². The van der Waals surface area contributed by atoms with Gasteiger partial charge in [-0.05, 0) is 56.0 Å². The summed E-state index contributed by atoms with van der Waals surface area (Å²) in [5.41, 5.74) is 10.9. The molecule has 0 aromatic heterocycles. The summed E-state index contributed by atoms with van der Waals surface area (Å²) in [5.74, 6) is -0.641. The van der Waals surface area contributed by atoms with Crippen LogP contribution in [-0.2, 0) is 4.79 Å². The van der Waals surface area contributed by atoms with Gasteiger partial charge in [0.15, 0.2) is 6.54 Å². The molecule has 2 aliphatic rings. The lowest BCUT2D eigenvalue weighted by molar-refractivity contribution is -0.440. The molecule has 0 bridgehead atoms. The van der Waals surface area contributed by atoms with Crippen molar-refractivity contribution in [3.05, 3.63) is 83.0 Å². The molecule has 0 atom stereocenters. The quantitative estimate of drug-likeness (QED) is 0.442. The molecular weight excluding hydrogens is 477 g/mol. The van der Waals surface area contributed by atoms with Crippen LogP contribution in [0.2, 0.25) is 0 Å². The lowest BCUT2D eigenvalue weighted by atomic mass is 9.98. The first-order valence-electron chi connectivity index (χ1n) is 13.6. The third-order valence-corrected chi connectivity index (χ3v) is 7.12. The van der Waals surface area contributed by atoms with E-state index in [1.54, 1.807) is 17.2 Å². The van der Waals surface area contributed by atoms with Crippen molar-refractivity contribution in [1.82, 2.24) is 4.90 Å². The molecule has 0 fully saturated rings. The van der Waals surface area contributed by atoms with E-state index in [0.29, 0.717) is 36.3 Å². The minimum absolute atomic E-state index is 0.00151. The van der Waals surface area contributed by atoms with Gasteiger partial charge < -0.3 is 15.5 Å². The number of allylic oxidation sites excluding steroid dienone is 2. The number of nitriles is 1. The number of carbonyl (C=O) groups excluding carboxylic acids is 1. The largest absolute Gasteiger partial charge is 0.401 e. The van der Waals surface area contributed by atoms with Crippen LogP contribution in [-0.4, -0.2) is 47.3 Å². The third kappa shape index (κ3) is 6.13. The molecule has 0 saturated heterocycles. The zero-order chi connectivity index (χ0) is 27.1. The van der Waals surface area contributed by atoms with Crippen molar-refractivity contribution >= 4 is 23.0 Å². The highest BCUT2D eigenvalue weighted by Crippen LogP contribution is 2.27. The van der Waals surface area contributed by atoms with Crippen LogP contribution in [0.4, 0.5) is 15.8 Å². The number of amides is 1. The predicted octanol–water partition coefficient (Wildman–Crippen LogP) is 5.60. The van der Waals surface area contributed by atoms with Crippen LogP contribution in [0.25, 0.3) is 0 Å². The van der Waals surface area contributed by atoms with Gasteiger partial charge >= 0.3 is 0 Å². The second-order valence-corrected chi connectivity index (χ2v) is 9.93. The molecule has 2 aromatic rings. The highest BCUT2D eigenvalue weighted by molar-refractivity contribution is 6.11. The van der Waals surface area contributed by atoms with Crippen molar-refractivity contribution in [3.8, 4) is 6.07 Å². The van der Waals surface area contributed by atoms with Gasteiger partial charge in [0, 0.05) is 73.0 Å². The number of hydrogen-bond donors (Lipinski definition) is 1. The first-order chi connectivity index (χ1) is 18.4. The van der Waals surface area contributed by atoms with Crippen molar-refractivity contribution in [1.29, 1.82) is 5.26 Å². The number of benzene rings is 2. The number of nitrogens with two attached hydrogens (primary N) is 1. The molecule has 2 heterocycles. The summed E-state index contributed by atoms with van der Waals surface area (Å²) in [4.78, 5) is 17.5. The molecule has 0 spiro atoms. The molecule has 7 heteroatoms. The highest BCUT2D eigenvalue weighted by Gasteiger charge is 2.29. The van der Waals surface area contributed by atoms with Crippen molar-refractivity contribution in [3.63, 3.8) is 0 Å². The summed E-state index contributed by atoms with van der Waals surface area (Å²) in [6.07, 6.45) is 9.18. The van der Waals surface area contributed by atoms with E-state index in [9.17, 15) is 14.4 Å². The average Bonchev–Trinajstić information content (AvgIpc) is 2.94. The summed E-state index contributed by atoms with van der Waals surface area (Å²) in [6, 6.07) is 15.0. The number of anilines is 1. The monoisotopic (exact) mass is 514 g/mol. The Morgan fingerprint density at radius 2 is 1.92 bits per heavy atom. The molecule has 0 aliphatic carbocycles. The molecule has 0 unspecified atom stereocenters. The predicted molar refractivity (Wildman–Crippen MR) is 150 cm³/mol. The molecule has 0 radical (unpaired) electrons. The van der Waals surface area contributed by atoms with Crippen LogP contribution in [0, 0.1) is 17.1 Å². The van der Waals surface area contributed by atoms with Gasteiger partial charge in [-0.25, -0.2) is 4.39 Å². The van der Waals surface area contributed by atoms with E-state index in [1.807, 2.05) is 12.1 Å². The molecular formula is C31H37FN5O+. The van der Waals surface area contributed by atoms with Crippen LogP contribution < -0.4 is 10.6 Å². The van der Waals surface area contributed by atoms with E-state index in [4.69, 9.17) is 5.73 Å². The number of unbranched alkanes of at least 4 members (excludes halogenated alkanes) is 1. The summed E-state index contributed by atoms with van der Waals surface area (Å²) in [6.45, 7) is 7.65. The lowest BCUT2D eigenvalue weighted by Gasteiger charge is -2.26. The Kier molecular flexibility index (Phi) is 8.96. The lowest BCUT2D eigenvalue weighted by Crippen LogP contribution is -2.35. The Balaban J connectivity index is 1.74. The Labute approximate surface area is 225 Å². The molecule has 4 rings (SSSR count). The Morgan fingerprint density at radius 1 is 1.13 bits per heavy atom. The third-order valence-electron chi connectivity index (χ3n) is 7.12. The first-order valence-corrected chi connectivity index (χ1v) is 13.6. The summed E-state index contributed by atoms with van der Waals surface area (Å²) >= 11 is 0. The van der Waals surface area contributed by atoms with Crippen molar-refractivity contribution in [2.75, 3.05) is 31.1 Å². The fourth-order valence-corrected chi connectivity index (χ4v) is 5.07. The minimum atomic E-state index is -0.572. The number of hydrogen-bond acceptors (Lipinski definition) is 4. The van der Waals surface area contributed by atoms with E-state index >= 15 is 0 Å². The Hall–Kier alpha value is -3.92. The summed E-state index contributed by atoms with van der Waals surface area (Å²) in [7, 11) is 0. The van der Waals surface area contributed by atoms with Crippen LogP contribution in [0.15, 0.2) is 66.0 Å². The van der Waals surface area contributed by atoms with Gasteiger partial charge in [-0.15, -0.1) is 0 Å². The van der Waals surface area contributed by atoms with Crippen LogP contribution >= 0.6 is 0 Å². The Bertz CT molecular complexity index is 1300. The van der Waals surface area contributed by atoms with Gasteiger partial charge in [0.25, 0.3) is 5.91 Å². The minimum Gasteiger partial charge on any atom is -0.401 e. The maximum atomic E-state index is 14.7. The fourth-order valence-electron chi connectivity index (χ4n) is 5.07. The second kappa shape index (κ2) is 12.6. The smallest absolute Gasteiger partial charge is 0.254 e. The van der Waals surface area contributed by atoms with Crippen molar-refractivity contribution in [2.45, 2.75) is 52.4 Å². The van der Waals surface area contributed by atoms with Gasteiger partial charge in [-0.1, -0.05) is 20.3 Å². The number of nitrogens with zero attached hydrogens (tertiary/aromatic N) is 4. The number of halogens is 1. The van der Waals surface area contributed by atoms with Crippen LogP contribution in [0.3, 0.4) is 0 Å². The van der Waals surface area contributed by atoms with E-state index in [2.05, 4.69) is 47.6 Å². The molecule has 2 N–H and O–H groups in total. The van der Waals surface area contributed by atoms with Gasteiger partial charge in [0.1, 0.15) is 11.9 Å². The topological polar surface area (TPSA) is 76.4 Å². The van der Waals surface area contributed by atoms with Crippen LogP contribution in [0.1, 0.15) is 63.5 Å². The first kappa shape index (κ1) is 27.1. The Morgan fingerprint density at radius 3 is 2.58 bits per heavy atom. The molecule has 2 aromatic carbocycles. The second-order valence-electron chi connectivity index (χ2n) is 9.93. The summed E-state index contributed by atoms with van der Waals surface area (Å²) in [5, 5.41) is 9.20. The van der Waals surface area contributed by atoms with Gasteiger partial charge in [-0.2, -0.15) is 9.84 Å². The van der Waals surface area contributed by atoms with E-state index < -0.39 is 5.82 Å². The maximum Gasteiger partial charge on any atom is 0.254 e. The summed E-state index contributed by atoms with van der Waals surface area (Å²) < 4.78 is 16.8. The van der Waals surface area contributed by atoms with Gasteiger partial charge in [0.05, 0.1) is 5.56 Å². The van der Waals surface area contributed by atoms with Gasteiger partial charge in [0.2, 0.25) is 11.4 Å². The van der Waals surface area contributed by atoms with Crippen molar-refractivity contribution < 1.29 is 13.8 Å². The normalized spacial score (nSPS) is 15.6. The van der Waals surface area contributed by atoms with Gasteiger partial charge in [-0.3, -0.25) is 4.79 Å². The molecule has 6 nitrogen and oxygen atoms in total. The highest BCUT2D eigenvalue weighted by atomic mass is 19.1. The fraction of sp³-hybridized carbons (Fsp3) is 0.387. The van der Waals surface area contributed by atoms with E-state index in [1.165, 1.54) is 17.8 Å². The molecule has 198 valence electrons. The van der Waals surface area contributed by atoms with E-state index in [0.717, 1.165) is 56.6 Å². The van der Waals surface area contributed by atoms with Crippen molar-refractivity contribution in [2.24, 2.45) is 5.73 Å². The zero-order valence-corrected chi connectivity index (χ0v) is 22.4. The van der Waals surface area contributed by atoms with E-state index in [-0.39, 0.29) is 11.5 Å². The molecule has 2 aliphatic heterocycles. The number of rotatable bonds is 9. The molecule has 1 amide bonds. The number of carbonyl (C=O) groups is 1. The molecule has 38 heavy (non-hydrogen) atoms. The average molecular weight is 515 g/mol. The maximum absolute atomic E-state index is 14.7. The standard InChI is InChI=1S/C31H36FN5O/c1-3-5-16-35(15-4-2)27-10-12-28(13-11-27)37-18-14-24(31(38)36-17-6-7-26(34)22-36)20-30(37)23-8-9-25(21-33)29(32)19-23/h8-13,19-20,22,34H,3-7,14-18H2,1-2H3/p+1. The SMILES string of the molecule is CCCCN(CCC)c1ccc([N+]2=C(c3ccc(C#N)c(F)c3)C=C(C(=O)N3C=C(N)CCC3)CC2)cc1. The zero-order valence-electron chi connectivity index (χ0n) is 22.4. The molecule has 0 saturated carbocycles.